The maximum atomic E-state index is 4.22. The number of benzene rings is 2. The zero-order valence-corrected chi connectivity index (χ0v) is 23.7. The molecule has 0 unspecified atom stereocenters. The number of aromatic nitrogens is 4. The Morgan fingerprint density at radius 3 is 1.78 bits per heavy atom. The normalized spacial score (nSPS) is 10.5. The summed E-state index contributed by atoms with van der Waals surface area (Å²) in [5, 5.41) is 19.9. The summed E-state index contributed by atoms with van der Waals surface area (Å²) in [6, 6.07) is 17.7. The number of hydrogen-bond donors (Lipinski definition) is 1. The minimum Gasteiger partial charge on any atom is -1.00 e. The van der Waals surface area contributed by atoms with Crippen LogP contribution in [0.4, 0.5) is 34.5 Å². The van der Waals surface area contributed by atoms with Gasteiger partial charge in [-0.1, -0.05) is 5.11 Å². The minimum atomic E-state index is 0. The smallest absolute Gasteiger partial charge is 0.421 e. The predicted octanol–water partition coefficient (Wildman–Crippen LogP) is -1.35. The summed E-state index contributed by atoms with van der Waals surface area (Å²) in [7, 11) is 13.7. The second-order valence-corrected chi connectivity index (χ2v) is 8.20. The molecule has 4 rings (SSSR count). The van der Waals surface area contributed by atoms with Crippen molar-refractivity contribution in [3.05, 3.63) is 73.2 Å². The Hall–Kier alpha value is -3.76. The second kappa shape index (κ2) is 14.7. The SMILES string of the molecule is CN(C)c1ccc(N=Nc2cc[n+](C)n2C)cc1.CNc1ccc(N=Nc2n(C)cc[n+]2C)cc1.[Cl-].[Cl-]. The zero-order chi connectivity index (χ0) is 25.4. The van der Waals surface area contributed by atoms with E-state index in [9.17, 15) is 0 Å². The number of anilines is 2. The number of nitrogens with zero attached hydrogens (tertiary/aromatic N) is 9. The highest BCUT2D eigenvalue weighted by atomic mass is 35.5. The van der Waals surface area contributed by atoms with Crippen molar-refractivity contribution in [2.45, 2.75) is 0 Å². The molecule has 0 saturated heterocycles. The molecule has 0 bridgehead atoms. The van der Waals surface area contributed by atoms with Crippen LogP contribution in [-0.4, -0.2) is 30.4 Å². The van der Waals surface area contributed by atoms with Crippen molar-refractivity contribution >= 4 is 34.5 Å². The number of hydrogen-bond acceptors (Lipinski definition) is 6. The van der Waals surface area contributed by atoms with Gasteiger partial charge >= 0.3 is 5.95 Å². The first-order valence-electron chi connectivity index (χ1n) is 11.2. The van der Waals surface area contributed by atoms with Gasteiger partial charge in [0, 0.05) is 37.6 Å². The summed E-state index contributed by atoms with van der Waals surface area (Å²) in [5.74, 6) is 1.64. The van der Waals surface area contributed by atoms with Crippen molar-refractivity contribution in [1.82, 2.24) is 9.25 Å². The highest BCUT2D eigenvalue weighted by molar-refractivity contribution is 5.52. The summed E-state index contributed by atoms with van der Waals surface area (Å²) in [6.07, 6.45) is 5.83. The molecule has 0 aliphatic rings. The van der Waals surface area contributed by atoms with E-state index in [1.54, 1.807) is 0 Å². The molecule has 0 radical (unpaired) electrons. The highest BCUT2D eigenvalue weighted by Gasteiger charge is 2.10. The minimum absolute atomic E-state index is 0. The molecule has 10 nitrogen and oxygen atoms in total. The first-order chi connectivity index (χ1) is 16.8. The lowest BCUT2D eigenvalue weighted by atomic mass is 10.3. The maximum absolute atomic E-state index is 4.22. The molecule has 2 aromatic heterocycles. The summed E-state index contributed by atoms with van der Waals surface area (Å²) in [5.41, 5.74) is 3.90. The standard InChI is InChI=1S/C13H18N5.C12H15N5.2ClH/c1-16(2)12-7-5-11(6-8-12)14-15-13-9-10-17(3)18(13)4;1-13-10-4-6-11(7-5-10)14-15-12-16(2)8-9-17(12)3;;/h5-10H,1-4H3;4-9H,1-3H3;2*1H/q+1;;;/p-1. The van der Waals surface area contributed by atoms with E-state index in [0.717, 1.165) is 34.5 Å². The van der Waals surface area contributed by atoms with Crippen LogP contribution < -0.4 is 44.3 Å². The number of nitrogens with one attached hydrogen (secondary N) is 1. The average molecular weight is 546 g/mol. The summed E-state index contributed by atoms with van der Waals surface area (Å²) < 4.78 is 7.72. The number of halogens is 2. The first kappa shape index (κ1) is 31.3. The fourth-order valence-corrected chi connectivity index (χ4v) is 3.09. The van der Waals surface area contributed by atoms with Crippen molar-refractivity contribution in [1.29, 1.82) is 0 Å². The van der Waals surface area contributed by atoms with E-state index in [1.807, 2.05) is 141 Å². The Morgan fingerprint density at radius 2 is 1.32 bits per heavy atom. The average Bonchev–Trinajstić information content (AvgIpc) is 3.37. The maximum Gasteiger partial charge on any atom is 0.421 e. The highest BCUT2D eigenvalue weighted by Crippen LogP contribution is 2.20. The summed E-state index contributed by atoms with van der Waals surface area (Å²) in [4.78, 5) is 2.05. The van der Waals surface area contributed by atoms with E-state index in [-0.39, 0.29) is 24.8 Å². The van der Waals surface area contributed by atoms with Gasteiger partial charge in [0.2, 0.25) is 5.82 Å². The largest absolute Gasteiger partial charge is 1.00 e. The summed E-state index contributed by atoms with van der Waals surface area (Å²) in [6.45, 7) is 0. The Bertz CT molecular complexity index is 1270. The fraction of sp³-hybridized carbons (Fsp3) is 0.280. The van der Waals surface area contributed by atoms with Gasteiger partial charge in [-0.05, 0) is 48.5 Å². The van der Waals surface area contributed by atoms with Gasteiger partial charge in [0.1, 0.15) is 5.69 Å². The van der Waals surface area contributed by atoms with Gasteiger partial charge in [0.15, 0.2) is 13.2 Å². The molecule has 1 N–H and O–H groups in total. The molecule has 198 valence electrons. The third-order valence-corrected chi connectivity index (χ3v) is 5.43. The molecule has 0 fully saturated rings. The van der Waals surface area contributed by atoms with Gasteiger partial charge in [-0.2, -0.15) is 0 Å². The van der Waals surface area contributed by atoms with E-state index >= 15 is 0 Å². The Kier molecular flexibility index (Phi) is 12.4. The quantitative estimate of drug-likeness (QED) is 0.240. The Labute approximate surface area is 230 Å². The third-order valence-electron chi connectivity index (χ3n) is 5.43. The van der Waals surface area contributed by atoms with Crippen LogP contribution in [-0.2, 0) is 28.2 Å². The van der Waals surface area contributed by atoms with Crippen molar-refractivity contribution in [3.63, 3.8) is 0 Å². The summed E-state index contributed by atoms with van der Waals surface area (Å²) >= 11 is 0. The van der Waals surface area contributed by atoms with Crippen LogP contribution in [0, 0.1) is 0 Å². The fourth-order valence-electron chi connectivity index (χ4n) is 3.09. The van der Waals surface area contributed by atoms with E-state index in [1.165, 1.54) is 0 Å². The van der Waals surface area contributed by atoms with Crippen LogP contribution in [0.2, 0.25) is 0 Å². The number of rotatable bonds is 6. The van der Waals surface area contributed by atoms with Crippen LogP contribution in [0.5, 0.6) is 0 Å². The van der Waals surface area contributed by atoms with Crippen LogP contribution in [0.1, 0.15) is 0 Å². The van der Waals surface area contributed by atoms with Gasteiger partial charge in [0.05, 0.1) is 45.3 Å². The predicted molar refractivity (Wildman–Crippen MR) is 138 cm³/mol. The monoisotopic (exact) mass is 544 g/mol. The second-order valence-electron chi connectivity index (χ2n) is 8.20. The third kappa shape index (κ3) is 8.69. The van der Waals surface area contributed by atoms with E-state index in [2.05, 4.69) is 30.7 Å². The topological polar surface area (TPSA) is 82.3 Å². The van der Waals surface area contributed by atoms with Crippen molar-refractivity contribution in [2.24, 2.45) is 48.6 Å². The van der Waals surface area contributed by atoms with Crippen molar-refractivity contribution < 1.29 is 34.1 Å². The van der Waals surface area contributed by atoms with Crippen LogP contribution >= 0.6 is 0 Å². The van der Waals surface area contributed by atoms with Gasteiger partial charge in [-0.15, -0.1) is 19.6 Å². The van der Waals surface area contributed by atoms with Crippen molar-refractivity contribution in [2.75, 3.05) is 31.4 Å². The molecular weight excluding hydrogens is 511 g/mol. The zero-order valence-electron chi connectivity index (χ0n) is 22.2. The molecule has 2 heterocycles. The van der Waals surface area contributed by atoms with Gasteiger partial charge in [-0.25, -0.2) is 9.13 Å². The molecule has 0 atom stereocenters. The molecule has 37 heavy (non-hydrogen) atoms. The molecule has 4 aromatic rings. The van der Waals surface area contributed by atoms with Gasteiger partial charge in [-0.3, -0.25) is 0 Å². The van der Waals surface area contributed by atoms with Gasteiger partial charge < -0.3 is 35.0 Å². The molecule has 2 aromatic carbocycles. The molecular formula is C25H34Cl2N10. The van der Waals surface area contributed by atoms with Crippen LogP contribution in [0.15, 0.2) is 93.6 Å². The lowest BCUT2D eigenvalue weighted by molar-refractivity contribution is -0.750. The Balaban J connectivity index is 0.000000351. The lowest BCUT2D eigenvalue weighted by Gasteiger charge is -2.11. The van der Waals surface area contributed by atoms with Gasteiger partial charge in [0.25, 0.3) is 0 Å². The molecule has 0 spiro atoms. The lowest BCUT2D eigenvalue weighted by Crippen LogP contribution is -3.00. The van der Waals surface area contributed by atoms with E-state index < -0.39 is 0 Å². The van der Waals surface area contributed by atoms with Crippen LogP contribution in [0.25, 0.3) is 0 Å². The molecule has 12 heteroatoms. The molecule has 0 aliphatic carbocycles. The van der Waals surface area contributed by atoms with E-state index in [4.69, 9.17) is 0 Å². The number of imidazole rings is 1. The van der Waals surface area contributed by atoms with E-state index in [0.29, 0.717) is 0 Å². The number of aryl methyl sites for hydroxylation is 3. The first-order valence-corrected chi connectivity index (χ1v) is 11.2. The molecule has 0 amide bonds. The van der Waals surface area contributed by atoms with Crippen molar-refractivity contribution in [3.8, 4) is 0 Å². The molecule has 0 saturated carbocycles. The Morgan fingerprint density at radius 1 is 0.757 bits per heavy atom. The van der Waals surface area contributed by atoms with Crippen LogP contribution in [0.3, 0.4) is 0 Å². The number of azo groups is 2. The molecule has 0 aliphatic heterocycles.